The van der Waals surface area contributed by atoms with Gasteiger partial charge in [0.05, 0.1) is 24.3 Å². The van der Waals surface area contributed by atoms with Crippen LogP contribution in [0.25, 0.3) is 5.82 Å². The molecule has 4 aromatic rings. The van der Waals surface area contributed by atoms with E-state index in [1.54, 1.807) is 24.7 Å². The first-order valence-corrected chi connectivity index (χ1v) is 13.1. The molecule has 0 aliphatic carbocycles. The molecular formula is C28H28ClN7O2. The van der Waals surface area contributed by atoms with Crippen LogP contribution in [-0.4, -0.2) is 62.0 Å². The number of fused-ring (bicyclic) bond motifs is 1. The maximum absolute atomic E-state index is 13.0. The zero-order valence-electron chi connectivity index (χ0n) is 20.8. The Hall–Kier alpha value is -3.95. The zero-order chi connectivity index (χ0) is 25.9. The van der Waals surface area contributed by atoms with Crippen LogP contribution in [0.5, 0.6) is 11.5 Å². The van der Waals surface area contributed by atoms with Gasteiger partial charge in [-0.25, -0.2) is 9.78 Å². The summed E-state index contributed by atoms with van der Waals surface area (Å²) in [5, 5.41) is 11.8. The van der Waals surface area contributed by atoms with E-state index in [1.165, 1.54) is 10.4 Å². The first-order valence-electron chi connectivity index (χ1n) is 12.7. The van der Waals surface area contributed by atoms with Gasteiger partial charge in [-0.3, -0.25) is 4.90 Å². The zero-order valence-corrected chi connectivity index (χ0v) is 21.5. The number of urea groups is 1. The highest BCUT2D eigenvalue weighted by molar-refractivity contribution is 6.30. The molecular weight excluding hydrogens is 502 g/mol. The summed E-state index contributed by atoms with van der Waals surface area (Å²) in [6.45, 7) is 4.41. The number of amides is 2. The number of halogens is 1. The number of hydrogen-bond acceptors (Lipinski definition) is 6. The molecule has 38 heavy (non-hydrogen) atoms. The van der Waals surface area contributed by atoms with Gasteiger partial charge in [-0.1, -0.05) is 23.7 Å². The van der Waals surface area contributed by atoms with E-state index in [-0.39, 0.29) is 6.03 Å². The Balaban J connectivity index is 1.02. The van der Waals surface area contributed by atoms with Crippen molar-refractivity contribution in [1.82, 2.24) is 29.8 Å². The standard InChI is InChI=1S/C28H28ClN7O2/c29-23-4-7-25(8-5-23)38-26-3-1-2-20(14-26)16-34-17-21-10-13-35(19-22(21)18-34)28(37)33-24-6-9-27(30-15-24)36-31-11-12-32-36/h1-9,11-12,14-15,21-22H,10,13,16-19H2,(H,33,37). The molecule has 2 aliphatic heterocycles. The number of pyridine rings is 1. The van der Waals surface area contributed by atoms with Crippen LogP contribution in [0.2, 0.25) is 5.02 Å². The predicted octanol–water partition coefficient (Wildman–Crippen LogP) is 5.09. The molecule has 9 nitrogen and oxygen atoms in total. The number of likely N-dealkylation sites (tertiary alicyclic amines) is 2. The smallest absolute Gasteiger partial charge is 0.321 e. The van der Waals surface area contributed by atoms with Crippen molar-refractivity contribution >= 4 is 23.3 Å². The number of benzene rings is 2. The maximum atomic E-state index is 13.0. The summed E-state index contributed by atoms with van der Waals surface area (Å²) in [7, 11) is 0. The summed E-state index contributed by atoms with van der Waals surface area (Å²) < 4.78 is 6.01. The van der Waals surface area contributed by atoms with Crippen molar-refractivity contribution < 1.29 is 9.53 Å². The van der Waals surface area contributed by atoms with Crippen molar-refractivity contribution in [3.05, 3.63) is 89.8 Å². The molecule has 2 unspecified atom stereocenters. The minimum Gasteiger partial charge on any atom is -0.457 e. The van der Waals surface area contributed by atoms with E-state index in [1.807, 2.05) is 47.4 Å². The summed E-state index contributed by atoms with van der Waals surface area (Å²) in [5.74, 6) is 3.25. The van der Waals surface area contributed by atoms with Crippen molar-refractivity contribution in [3.8, 4) is 17.3 Å². The van der Waals surface area contributed by atoms with Gasteiger partial charge in [0, 0.05) is 37.7 Å². The summed E-state index contributed by atoms with van der Waals surface area (Å²) in [4.78, 5) is 23.2. The van der Waals surface area contributed by atoms with Crippen molar-refractivity contribution in [2.75, 3.05) is 31.5 Å². The Morgan fingerprint density at radius 2 is 1.79 bits per heavy atom. The van der Waals surface area contributed by atoms with Gasteiger partial charge in [0.15, 0.2) is 5.82 Å². The normalized spacial score (nSPS) is 19.2. The van der Waals surface area contributed by atoms with E-state index >= 15 is 0 Å². The molecule has 4 heterocycles. The highest BCUT2D eigenvalue weighted by Crippen LogP contribution is 2.33. The number of hydrogen-bond donors (Lipinski definition) is 1. The summed E-state index contributed by atoms with van der Waals surface area (Å²) in [6.07, 6.45) is 5.83. The van der Waals surface area contributed by atoms with Gasteiger partial charge in [0.2, 0.25) is 0 Å². The number of carbonyl (C=O) groups excluding carboxylic acids is 1. The third-order valence-corrected chi connectivity index (χ3v) is 7.39. The number of piperidine rings is 1. The Morgan fingerprint density at radius 3 is 2.58 bits per heavy atom. The third-order valence-electron chi connectivity index (χ3n) is 7.14. The monoisotopic (exact) mass is 529 g/mol. The molecule has 2 amide bonds. The second kappa shape index (κ2) is 10.8. The molecule has 0 spiro atoms. The summed E-state index contributed by atoms with van der Waals surface area (Å²) in [6, 6.07) is 19.1. The SMILES string of the molecule is O=C(Nc1ccc(-n2nccn2)nc1)N1CCC2CN(Cc3cccc(Oc4ccc(Cl)cc4)c3)CC2C1. The van der Waals surface area contributed by atoms with Crippen LogP contribution in [0.4, 0.5) is 10.5 Å². The second-order valence-electron chi connectivity index (χ2n) is 9.81. The maximum Gasteiger partial charge on any atom is 0.321 e. The lowest BCUT2D eigenvalue weighted by Gasteiger charge is -2.34. The molecule has 2 aliphatic rings. The van der Waals surface area contributed by atoms with Gasteiger partial charge < -0.3 is 15.0 Å². The van der Waals surface area contributed by atoms with Gasteiger partial charge in [0.1, 0.15) is 11.5 Å². The molecule has 2 atom stereocenters. The van der Waals surface area contributed by atoms with Crippen LogP contribution < -0.4 is 10.1 Å². The highest BCUT2D eigenvalue weighted by atomic mass is 35.5. The molecule has 6 rings (SSSR count). The molecule has 194 valence electrons. The first kappa shape index (κ1) is 24.4. The fourth-order valence-corrected chi connectivity index (χ4v) is 5.42. The molecule has 2 saturated heterocycles. The van der Waals surface area contributed by atoms with Crippen molar-refractivity contribution in [2.24, 2.45) is 11.8 Å². The number of rotatable bonds is 6. The van der Waals surface area contributed by atoms with Crippen molar-refractivity contribution in [3.63, 3.8) is 0 Å². The number of carbonyl (C=O) groups is 1. The van der Waals surface area contributed by atoms with E-state index in [9.17, 15) is 4.79 Å². The first-order chi connectivity index (χ1) is 18.6. The average Bonchev–Trinajstić information content (AvgIpc) is 3.60. The van der Waals surface area contributed by atoms with Gasteiger partial charge in [-0.05, 0) is 72.4 Å². The molecule has 0 saturated carbocycles. The lowest BCUT2D eigenvalue weighted by molar-refractivity contribution is 0.161. The van der Waals surface area contributed by atoms with Crippen molar-refractivity contribution in [1.29, 1.82) is 0 Å². The van der Waals surface area contributed by atoms with E-state index < -0.39 is 0 Å². The second-order valence-corrected chi connectivity index (χ2v) is 10.2. The Morgan fingerprint density at radius 1 is 0.974 bits per heavy atom. The molecule has 10 heteroatoms. The fraction of sp³-hybridized carbons (Fsp3) is 0.286. The quantitative estimate of drug-likeness (QED) is 0.374. The molecule has 0 bridgehead atoms. The lowest BCUT2D eigenvalue weighted by atomic mass is 9.89. The number of nitrogens with zero attached hydrogens (tertiary/aromatic N) is 6. The Labute approximate surface area is 226 Å². The van der Waals surface area contributed by atoms with E-state index in [0.29, 0.717) is 28.4 Å². The molecule has 2 aromatic carbocycles. The lowest BCUT2D eigenvalue weighted by Crippen LogP contribution is -2.45. The number of ether oxygens (including phenoxy) is 1. The summed E-state index contributed by atoms with van der Waals surface area (Å²) >= 11 is 5.98. The van der Waals surface area contributed by atoms with Crippen LogP contribution in [0.3, 0.4) is 0 Å². The molecule has 2 fully saturated rings. The third kappa shape index (κ3) is 5.64. The highest BCUT2D eigenvalue weighted by Gasteiger charge is 2.38. The van der Waals surface area contributed by atoms with E-state index in [0.717, 1.165) is 50.6 Å². The van der Waals surface area contributed by atoms with E-state index in [2.05, 4.69) is 37.5 Å². The number of aromatic nitrogens is 4. The number of anilines is 1. The molecule has 0 radical (unpaired) electrons. The number of nitrogens with one attached hydrogen (secondary N) is 1. The molecule has 2 aromatic heterocycles. The minimum atomic E-state index is -0.0827. The van der Waals surface area contributed by atoms with Gasteiger partial charge >= 0.3 is 6.03 Å². The van der Waals surface area contributed by atoms with Crippen LogP contribution in [-0.2, 0) is 6.54 Å². The van der Waals surface area contributed by atoms with Gasteiger partial charge in [0.25, 0.3) is 0 Å². The average molecular weight is 530 g/mol. The summed E-state index contributed by atoms with van der Waals surface area (Å²) in [5.41, 5.74) is 1.87. The predicted molar refractivity (Wildman–Crippen MR) is 145 cm³/mol. The topological polar surface area (TPSA) is 88.4 Å². The van der Waals surface area contributed by atoms with E-state index in [4.69, 9.17) is 16.3 Å². The van der Waals surface area contributed by atoms with Crippen molar-refractivity contribution in [2.45, 2.75) is 13.0 Å². The van der Waals surface area contributed by atoms with Crippen LogP contribution in [0.1, 0.15) is 12.0 Å². The van der Waals surface area contributed by atoms with Crippen LogP contribution in [0, 0.1) is 11.8 Å². The molecule has 1 N–H and O–H groups in total. The van der Waals surface area contributed by atoms with Crippen LogP contribution in [0.15, 0.2) is 79.3 Å². The largest absolute Gasteiger partial charge is 0.457 e. The fourth-order valence-electron chi connectivity index (χ4n) is 5.30. The van der Waals surface area contributed by atoms with Gasteiger partial charge in [-0.15, -0.1) is 4.80 Å². The van der Waals surface area contributed by atoms with Gasteiger partial charge in [-0.2, -0.15) is 10.2 Å². The Kier molecular flexibility index (Phi) is 6.94. The van der Waals surface area contributed by atoms with Crippen LogP contribution >= 0.6 is 11.6 Å². The minimum absolute atomic E-state index is 0.0827. The Bertz CT molecular complexity index is 1380.